The highest BCUT2D eigenvalue weighted by Gasteiger charge is 2.21. The maximum atomic E-state index is 13.6. The van der Waals surface area contributed by atoms with Gasteiger partial charge in [0.1, 0.15) is 6.17 Å². The number of halogens is 3. The second-order valence-corrected chi connectivity index (χ2v) is 7.73. The fourth-order valence-corrected chi connectivity index (χ4v) is 2.95. The Balaban J connectivity index is 6.32. The van der Waals surface area contributed by atoms with E-state index >= 15 is 0 Å². The number of amides is 2. The Morgan fingerprint density at radius 1 is 1.22 bits per heavy atom. The van der Waals surface area contributed by atoms with E-state index in [1.807, 2.05) is 0 Å². The van der Waals surface area contributed by atoms with Crippen molar-refractivity contribution in [2.75, 3.05) is 6.61 Å². The van der Waals surface area contributed by atoms with Gasteiger partial charge in [-0.2, -0.15) is 4.99 Å². The van der Waals surface area contributed by atoms with Gasteiger partial charge in [-0.25, -0.2) is 13.2 Å². The lowest BCUT2D eigenvalue weighted by Crippen LogP contribution is -2.65. The number of aliphatic hydroxyl groups is 1. The van der Waals surface area contributed by atoms with Crippen molar-refractivity contribution < 1.29 is 37.6 Å². The molecule has 0 fully saturated rings. The minimum absolute atomic E-state index is 0.0359. The Labute approximate surface area is 214 Å². The first-order chi connectivity index (χ1) is 17.4. The standard InChI is InChI=1S/C26H33F3N4O4/c1-6-32-23(34)8-10-37-15-24(35)33-22(12-19(7-9-27)11-17(4)29)25(30)18(5)21(16(2)3)13-20(14-28)26(31)36/h6-11,13-14,17,22H,1-2,12,15,30H2,3-5H3,(H2,31,36)(H,32,34)(H,33,35)/p+1/b9-7+,10-8+,19-11+,20-14-,21-13+,25-18+/t17-,22-/m0/s1. The molecular formula is C26H34F3N4O4+. The van der Waals surface area contributed by atoms with Gasteiger partial charge in [0, 0.05) is 5.70 Å². The minimum atomic E-state index is -1.42. The maximum absolute atomic E-state index is 13.6. The van der Waals surface area contributed by atoms with E-state index in [4.69, 9.17) is 16.2 Å². The minimum Gasteiger partial charge on any atom is -0.491 e. The molecule has 0 aromatic rings. The molecule has 0 unspecified atom stereocenters. The van der Waals surface area contributed by atoms with E-state index in [1.165, 1.54) is 13.1 Å². The zero-order chi connectivity index (χ0) is 28.5. The first kappa shape index (κ1) is 32.7. The van der Waals surface area contributed by atoms with E-state index in [-0.39, 0.29) is 41.8 Å². The third-order valence-electron chi connectivity index (χ3n) is 4.66. The highest BCUT2D eigenvalue weighted by molar-refractivity contribution is 5.95. The number of ether oxygens (including phenoxy) is 1. The molecule has 0 bridgehead atoms. The van der Waals surface area contributed by atoms with E-state index in [0.717, 1.165) is 30.6 Å². The van der Waals surface area contributed by atoms with Crippen LogP contribution in [0, 0.1) is 0 Å². The molecule has 0 spiro atoms. The zero-order valence-electron chi connectivity index (χ0n) is 21.1. The quantitative estimate of drug-likeness (QED) is 0.0737. The van der Waals surface area contributed by atoms with Crippen LogP contribution in [0.1, 0.15) is 27.2 Å². The molecule has 0 radical (unpaired) electrons. The number of nitrogens with one attached hydrogen (secondary N) is 2. The molecule has 0 saturated heterocycles. The number of rotatable bonds is 15. The van der Waals surface area contributed by atoms with Gasteiger partial charge in [-0.3, -0.25) is 9.59 Å². The molecule has 8 nitrogen and oxygen atoms in total. The first-order valence-corrected chi connectivity index (χ1v) is 10.9. The summed E-state index contributed by atoms with van der Waals surface area (Å²) in [5.74, 6) is -1.95. The molecule has 37 heavy (non-hydrogen) atoms. The molecule has 0 saturated carbocycles. The topological polar surface area (TPSA) is 142 Å². The molecule has 7 N–H and O–H groups in total. The van der Waals surface area contributed by atoms with Gasteiger partial charge >= 0.3 is 5.90 Å². The summed E-state index contributed by atoms with van der Waals surface area (Å²) >= 11 is 0. The second kappa shape index (κ2) is 17.2. The molecule has 0 aromatic heterocycles. The normalized spacial score (nSPS) is 15.8. The third-order valence-corrected chi connectivity index (χ3v) is 4.66. The summed E-state index contributed by atoms with van der Waals surface area (Å²) in [5.41, 5.74) is 12.3. The van der Waals surface area contributed by atoms with Crippen molar-refractivity contribution in [1.29, 1.82) is 0 Å². The summed E-state index contributed by atoms with van der Waals surface area (Å²) in [5, 5.41) is 12.0. The van der Waals surface area contributed by atoms with Crippen molar-refractivity contribution in [2.45, 2.75) is 39.4 Å². The van der Waals surface area contributed by atoms with Crippen molar-refractivity contribution in [1.82, 2.24) is 5.32 Å². The number of allylic oxidation sites excluding steroid dienone is 5. The van der Waals surface area contributed by atoms with Gasteiger partial charge in [-0.1, -0.05) is 12.2 Å². The van der Waals surface area contributed by atoms with E-state index in [2.05, 4.69) is 23.5 Å². The zero-order valence-corrected chi connectivity index (χ0v) is 21.1. The Kier molecular flexibility index (Phi) is 15.2. The monoisotopic (exact) mass is 523 g/mol. The number of alkyl halides is 1. The van der Waals surface area contributed by atoms with E-state index < -0.39 is 36.2 Å². The Bertz CT molecular complexity index is 1070. The number of carbonyl (C=O) groups is 2. The molecule has 2 atom stereocenters. The van der Waals surface area contributed by atoms with Crippen molar-refractivity contribution >= 4 is 17.7 Å². The number of carbonyl (C=O) groups excluding carboxylic acids is 2. The van der Waals surface area contributed by atoms with Gasteiger partial charge in [0.25, 0.3) is 11.8 Å². The van der Waals surface area contributed by atoms with Gasteiger partial charge in [-0.05, 0) is 68.7 Å². The molecule has 2 amide bonds. The van der Waals surface area contributed by atoms with Crippen LogP contribution >= 0.6 is 0 Å². The highest BCUT2D eigenvalue weighted by atomic mass is 19.1. The van der Waals surface area contributed by atoms with Crippen LogP contribution in [-0.4, -0.2) is 41.6 Å². The summed E-state index contributed by atoms with van der Waals surface area (Å²) < 4.78 is 44.8. The van der Waals surface area contributed by atoms with Crippen LogP contribution in [0.5, 0.6) is 0 Å². The average Bonchev–Trinajstić information content (AvgIpc) is 2.80. The van der Waals surface area contributed by atoms with Gasteiger partial charge in [0.2, 0.25) is 0 Å². The number of hydrogen-bond donors (Lipinski definition) is 5. The molecule has 0 rings (SSSR count). The predicted molar refractivity (Wildman–Crippen MR) is 138 cm³/mol. The number of primary amides is 1. The summed E-state index contributed by atoms with van der Waals surface area (Å²) in [6, 6.07) is -1.00. The largest absolute Gasteiger partial charge is 0.491 e. The molecule has 0 aliphatic carbocycles. The van der Waals surface area contributed by atoms with E-state index in [0.29, 0.717) is 11.1 Å². The SMILES string of the molecule is C=C[NH+]=C(O)/C=C/OCC(=O)N[C@@H](CC(=C/[C@H](C)F)/C=C/F)\C(N)=C(C)/C(=C/C(=C/F)C(N)=O)C(=C)C. The lowest BCUT2D eigenvalue weighted by molar-refractivity contribution is -0.382. The first-order valence-electron chi connectivity index (χ1n) is 10.9. The lowest BCUT2D eigenvalue weighted by Gasteiger charge is -2.23. The molecule has 0 aromatic carbocycles. The Hall–Kier alpha value is -4.28. The lowest BCUT2D eigenvalue weighted by atomic mass is 9.92. The number of hydrogen-bond acceptors (Lipinski definition) is 4. The average molecular weight is 524 g/mol. The molecule has 0 aliphatic heterocycles. The van der Waals surface area contributed by atoms with Gasteiger partial charge < -0.3 is 26.6 Å². The summed E-state index contributed by atoms with van der Waals surface area (Å²) in [7, 11) is 0. The van der Waals surface area contributed by atoms with Gasteiger partial charge in [0.05, 0.1) is 36.6 Å². The van der Waals surface area contributed by atoms with Crippen LogP contribution in [0.15, 0.2) is 96.1 Å². The maximum Gasteiger partial charge on any atom is 0.366 e. The van der Waals surface area contributed by atoms with Crippen LogP contribution < -0.4 is 21.8 Å². The van der Waals surface area contributed by atoms with E-state index in [1.54, 1.807) is 13.8 Å². The van der Waals surface area contributed by atoms with Crippen LogP contribution in [0.3, 0.4) is 0 Å². The Morgan fingerprint density at radius 2 is 1.86 bits per heavy atom. The summed E-state index contributed by atoms with van der Waals surface area (Å²) in [6.45, 7) is 11.1. The molecule has 0 aliphatic rings. The van der Waals surface area contributed by atoms with Crippen LogP contribution in [0.2, 0.25) is 0 Å². The number of nitrogens with two attached hydrogens (primary N) is 2. The predicted octanol–water partition coefficient (Wildman–Crippen LogP) is 2.41. The second-order valence-electron chi connectivity index (χ2n) is 7.73. The van der Waals surface area contributed by atoms with Gasteiger partial charge in [0.15, 0.2) is 12.8 Å². The van der Waals surface area contributed by atoms with Crippen LogP contribution in [0.4, 0.5) is 13.2 Å². The molecular weight excluding hydrogens is 489 g/mol. The summed E-state index contributed by atoms with van der Waals surface area (Å²) in [6.07, 6.45) is 5.46. The molecule has 202 valence electrons. The third kappa shape index (κ3) is 12.8. The van der Waals surface area contributed by atoms with Crippen molar-refractivity contribution in [3.05, 3.63) is 96.1 Å². The fraction of sp³-hybridized carbons (Fsp3) is 0.269. The molecule has 0 heterocycles. The van der Waals surface area contributed by atoms with Crippen molar-refractivity contribution in [2.24, 2.45) is 11.5 Å². The van der Waals surface area contributed by atoms with Crippen LogP contribution in [-0.2, 0) is 14.3 Å². The Morgan fingerprint density at radius 3 is 2.35 bits per heavy atom. The van der Waals surface area contributed by atoms with Gasteiger partial charge in [-0.15, -0.1) is 0 Å². The smallest absolute Gasteiger partial charge is 0.366 e. The van der Waals surface area contributed by atoms with Crippen molar-refractivity contribution in [3.63, 3.8) is 0 Å². The number of aliphatic hydroxyl groups excluding tert-OH is 1. The van der Waals surface area contributed by atoms with Crippen molar-refractivity contribution in [3.8, 4) is 0 Å². The highest BCUT2D eigenvalue weighted by Crippen LogP contribution is 2.25. The summed E-state index contributed by atoms with van der Waals surface area (Å²) in [4.78, 5) is 26.4. The molecule has 11 heteroatoms. The fourth-order valence-electron chi connectivity index (χ4n) is 2.95. The van der Waals surface area contributed by atoms with Crippen LogP contribution in [0.25, 0.3) is 0 Å². The van der Waals surface area contributed by atoms with E-state index in [9.17, 15) is 27.9 Å².